The zero-order valence-electron chi connectivity index (χ0n) is 18.7. The van der Waals surface area contributed by atoms with Crippen LogP contribution in [0.4, 0.5) is 0 Å². The molecule has 7 nitrogen and oxygen atoms in total. The van der Waals surface area contributed by atoms with Crippen LogP contribution in [0.25, 0.3) is 0 Å². The Balaban J connectivity index is 1.54. The summed E-state index contributed by atoms with van der Waals surface area (Å²) in [6.45, 7) is 7.93. The van der Waals surface area contributed by atoms with Crippen molar-refractivity contribution >= 4 is 17.8 Å². The van der Waals surface area contributed by atoms with Gasteiger partial charge in [-0.15, -0.1) is 0 Å². The van der Waals surface area contributed by atoms with Crippen molar-refractivity contribution in [1.82, 2.24) is 10.6 Å². The smallest absolute Gasteiger partial charge is 0.328 e. The average Bonchev–Trinajstić information content (AvgIpc) is 2.71. The molecule has 3 saturated carbocycles. The summed E-state index contributed by atoms with van der Waals surface area (Å²) in [5.41, 5.74) is -0.578. The van der Waals surface area contributed by atoms with E-state index < -0.39 is 17.7 Å². The molecule has 2 N–H and O–H groups in total. The van der Waals surface area contributed by atoms with Crippen molar-refractivity contribution in [1.29, 1.82) is 0 Å². The van der Waals surface area contributed by atoms with Gasteiger partial charge >= 0.3 is 5.97 Å². The third-order valence-corrected chi connectivity index (χ3v) is 7.32. The number of hydrogen-bond donors (Lipinski definition) is 2. The monoisotopic (exact) mass is 428 g/mol. The molecule has 1 aromatic rings. The molecule has 4 aliphatic rings. The number of para-hydroxylation sites is 1. The number of hydrogen-bond acceptors (Lipinski definition) is 5. The minimum Gasteiger partial charge on any atom is -0.467 e. The summed E-state index contributed by atoms with van der Waals surface area (Å²) in [6.07, 6.45) is 2.94. The molecule has 0 saturated heterocycles. The Morgan fingerprint density at radius 2 is 2.06 bits per heavy atom. The summed E-state index contributed by atoms with van der Waals surface area (Å²) in [4.78, 5) is 38.4. The zero-order chi connectivity index (χ0) is 22.4. The van der Waals surface area contributed by atoms with Crippen LogP contribution in [0.15, 0.2) is 24.3 Å². The Bertz CT molecular complexity index is 900. The molecule has 0 unspecified atom stereocenters. The predicted molar refractivity (Wildman–Crippen MR) is 114 cm³/mol. The second kappa shape index (κ2) is 7.84. The van der Waals surface area contributed by atoms with Crippen molar-refractivity contribution in [2.75, 3.05) is 6.61 Å². The summed E-state index contributed by atoms with van der Waals surface area (Å²) in [5.74, 6) is -0.316. The van der Waals surface area contributed by atoms with Crippen molar-refractivity contribution in [3.05, 3.63) is 29.8 Å². The van der Waals surface area contributed by atoms with Crippen molar-refractivity contribution in [2.45, 2.75) is 65.1 Å². The van der Waals surface area contributed by atoms with Crippen molar-refractivity contribution < 1.29 is 23.9 Å². The summed E-state index contributed by atoms with van der Waals surface area (Å²) in [7, 11) is 0. The van der Waals surface area contributed by atoms with Crippen LogP contribution in [0, 0.1) is 23.2 Å². The van der Waals surface area contributed by atoms with E-state index in [0.717, 1.165) is 12.8 Å². The van der Waals surface area contributed by atoms with Gasteiger partial charge in [0, 0.05) is 18.3 Å². The zero-order valence-corrected chi connectivity index (χ0v) is 18.7. The maximum Gasteiger partial charge on any atom is 0.328 e. The van der Waals surface area contributed by atoms with Gasteiger partial charge in [0.1, 0.15) is 11.8 Å². The highest BCUT2D eigenvalue weighted by Gasteiger charge is 2.62. The molecule has 168 valence electrons. The van der Waals surface area contributed by atoms with Gasteiger partial charge in [-0.2, -0.15) is 0 Å². The molecular formula is C24H32N2O5. The lowest BCUT2D eigenvalue weighted by atomic mass is 9.52. The van der Waals surface area contributed by atoms with Gasteiger partial charge in [0.15, 0.2) is 5.72 Å². The Hall–Kier alpha value is -2.57. The normalized spacial score (nSPS) is 32.1. The van der Waals surface area contributed by atoms with E-state index in [-0.39, 0.29) is 41.6 Å². The van der Waals surface area contributed by atoms with Gasteiger partial charge in [0.2, 0.25) is 5.91 Å². The number of nitrogens with one attached hydrogen (secondary N) is 2. The number of amides is 2. The van der Waals surface area contributed by atoms with Crippen LogP contribution in [0.5, 0.6) is 5.75 Å². The highest BCUT2D eigenvalue weighted by Crippen LogP contribution is 2.58. The Kier molecular flexibility index (Phi) is 5.48. The molecule has 2 amide bonds. The molecule has 1 aliphatic heterocycles. The molecule has 1 aromatic carbocycles. The van der Waals surface area contributed by atoms with Crippen molar-refractivity contribution in [3.8, 4) is 5.75 Å². The van der Waals surface area contributed by atoms with E-state index in [1.165, 1.54) is 0 Å². The lowest BCUT2D eigenvalue weighted by molar-refractivity contribution is -0.169. The van der Waals surface area contributed by atoms with Crippen LogP contribution in [-0.4, -0.2) is 36.2 Å². The topological polar surface area (TPSA) is 93.7 Å². The maximum atomic E-state index is 13.3. The first kappa shape index (κ1) is 21.7. The van der Waals surface area contributed by atoms with Crippen LogP contribution in [-0.2, 0) is 14.3 Å². The lowest BCUT2D eigenvalue weighted by Crippen LogP contribution is -2.69. The molecule has 3 fully saturated rings. The number of carbonyl (C=O) groups is 3. The minimum atomic E-state index is -0.784. The van der Waals surface area contributed by atoms with Crippen LogP contribution in [0.3, 0.4) is 0 Å². The number of esters is 1. The van der Waals surface area contributed by atoms with Crippen LogP contribution in [0.1, 0.15) is 63.7 Å². The second-order valence-corrected chi connectivity index (χ2v) is 9.78. The van der Waals surface area contributed by atoms with Crippen molar-refractivity contribution in [3.63, 3.8) is 0 Å². The number of fused-ring (bicyclic) bond motifs is 3. The third kappa shape index (κ3) is 3.68. The molecule has 0 radical (unpaired) electrons. The van der Waals surface area contributed by atoms with Gasteiger partial charge in [0.25, 0.3) is 5.91 Å². The first-order valence-electron chi connectivity index (χ1n) is 11.3. The number of ether oxygens (including phenoxy) is 2. The maximum absolute atomic E-state index is 13.3. The largest absolute Gasteiger partial charge is 0.467 e. The highest BCUT2D eigenvalue weighted by molar-refractivity contribution is 5.98. The molecule has 31 heavy (non-hydrogen) atoms. The quantitative estimate of drug-likeness (QED) is 0.703. The third-order valence-electron chi connectivity index (χ3n) is 7.32. The van der Waals surface area contributed by atoms with Crippen molar-refractivity contribution in [2.24, 2.45) is 23.2 Å². The standard InChI is InChI=1S/C24H32N2O5/c1-5-30-22(29)19(14(2)3)25-21(28)17-12-15-10-11-23(17,4)13-24(15)26-20(27)16-8-6-7-9-18(16)31-24/h6-9,14-15,17,19H,5,10-13H2,1-4H3,(H,25,28)(H,26,27)/t15-,17+,19-,23+,24-/m0/s1. The molecule has 7 heteroatoms. The number of carbonyl (C=O) groups excluding carboxylic acids is 3. The molecule has 5 atom stereocenters. The summed E-state index contributed by atoms with van der Waals surface area (Å²) >= 11 is 0. The molecular weight excluding hydrogens is 396 g/mol. The lowest BCUT2D eigenvalue weighted by Gasteiger charge is -2.59. The molecule has 1 spiro atoms. The molecule has 3 aliphatic carbocycles. The fraction of sp³-hybridized carbons (Fsp3) is 0.625. The Morgan fingerprint density at radius 1 is 1.32 bits per heavy atom. The summed E-state index contributed by atoms with van der Waals surface area (Å²) < 4.78 is 11.6. The summed E-state index contributed by atoms with van der Waals surface area (Å²) in [6, 6.07) is 6.62. The summed E-state index contributed by atoms with van der Waals surface area (Å²) in [5, 5.41) is 6.09. The minimum absolute atomic E-state index is 0.0301. The molecule has 0 aromatic heterocycles. The van der Waals surface area contributed by atoms with Gasteiger partial charge in [0.05, 0.1) is 12.2 Å². The first-order valence-corrected chi connectivity index (χ1v) is 11.3. The number of benzene rings is 1. The predicted octanol–water partition coefficient (Wildman–Crippen LogP) is 3.04. The first-order chi connectivity index (χ1) is 14.7. The molecule has 5 rings (SSSR count). The number of rotatable bonds is 5. The van der Waals surface area contributed by atoms with E-state index in [2.05, 4.69) is 17.6 Å². The van der Waals surface area contributed by atoms with Gasteiger partial charge in [-0.3, -0.25) is 9.59 Å². The fourth-order valence-corrected chi connectivity index (χ4v) is 5.64. The van der Waals surface area contributed by atoms with Gasteiger partial charge in [-0.1, -0.05) is 32.9 Å². The van der Waals surface area contributed by atoms with Gasteiger partial charge in [-0.05, 0) is 49.7 Å². The Morgan fingerprint density at radius 3 is 2.74 bits per heavy atom. The van der Waals surface area contributed by atoms with E-state index >= 15 is 0 Å². The fourth-order valence-electron chi connectivity index (χ4n) is 5.64. The highest BCUT2D eigenvalue weighted by atomic mass is 16.5. The van der Waals surface area contributed by atoms with Crippen LogP contribution in [0.2, 0.25) is 0 Å². The average molecular weight is 429 g/mol. The van der Waals surface area contributed by atoms with Crippen LogP contribution < -0.4 is 15.4 Å². The van der Waals surface area contributed by atoms with E-state index in [1.54, 1.807) is 13.0 Å². The van der Waals surface area contributed by atoms with E-state index in [1.807, 2.05) is 32.0 Å². The SMILES string of the molecule is CCOC(=O)[C@@H](NC(=O)[C@H]1C[C@@H]2CC[C@]1(C)C[C@@]21NC(=O)c2ccccc2O1)C(C)C. The second-order valence-electron chi connectivity index (χ2n) is 9.78. The van der Waals surface area contributed by atoms with Crippen LogP contribution >= 0.6 is 0 Å². The van der Waals surface area contributed by atoms with E-state index in [0.29, 0.717) is 24.2 Å². The van der Waals surface area contributed by atoms with Gasteiger partial charge in [-0.25, -0.2) is 4.79 Å². The Labute approximate surface area is 183 Å². The van der Waals surface area contributed by atoms with E-state index in [4.69, 9.17) is 9.47 Å². The van der Waals surface area contributed by atoms with Gasteiger partial charge < -0.3 is 20.1 Å². The van der Waals surface area contributed by atoms with E-state index in [9.17, 15) is 14.4 Å². The molecule has 1 heterocycles. The molecule has 2 bridgehead atoms.